The van der Waals surface area contributed by atoms with Gasteiger partial charge in [0, 0.05) is 41.7 Å². The molecular weight excluding hydrogens is 262 g/mol. The largest absolute Gasteiger partial charge is 0.346 e. The Morgan fingerprint density at radius 2 is 2.39 bits per heavy atom. The van der Waals surface area contributed by atoms with E-state index in [0.29, 0.717) is 5.92 Å². The van der Waals surface area contributed by atoms with Crippen molar-refractivity contribution in [2.24, 2.45) is 5.92 Å². The molecule has 1 N–H and O–H groups in total. The van der Waals surface area contributed by atoms with E-state index in [9.17, 15) is 0 Å². The average molecular weight is 285 g/mol. The number of nitrogens with zero attached hydrogens (tertiary/aromatic N) is 2. The van der Waals surface area contributed by atoms with Crippen LogP contribution in [0, 0.1) is 5.92 Å². The monoisotopic (exact) mass is 285 g/mol. The predicted molar refractivity (Wildman–Crippen MR) is 82.8 cm³/mol. The second-order valence-electron chi connectivity index (χ2n) is 5.26. The summed E-state index contributed by atoms with van der Waals surface area (Å²) in [5.41, 5.74) is 0. The third-order valence-electron chi connectivity index (χ3n) is 2.90. The molecule has 1 unspecified atom stereocenters. The normalized spacial score (nSPS) is 20.7. The minimum Gasteiger partial charge on any atom is -0.346 e. The van der Waals surface area contributed by atoms with Crippen LogP contribution in [0.25, 0.3) is 0 Å². The van der Waals surface area contributed by atoms with Crippen molar-refractivity contribution in [2.45, 2.75) is 32.6 Å². The first-order valence-corrected chi connectivity index (χ1v) is 8.53. The maximum Gasteiger partial charge on any atom is 0.185 e. The molecular formula is C13H23N3S2. The van der Waals surface area contributed by atoms with Gasteiger partial charge < -0.3 is 10.2 Å². The first-order chi connectivity index (χ1) is 8.65. The van der Waals surface area contributed by atoms with Gasteiger partial charge >= 0.3 is 0 Å². The van der Waals surface area contributed by atoms with E-state index >= 15 is 0 Å². The SMILES string of the molecule is CC(C)CNCc1cnc(N2CCSC(C)C2)s1. The number of hydrogen-bond acceptors (Lipinski definition) is 5. The van der Waals surface area contributed by atoms with Gasteiger partial charge in [-0.2, -0.15) is 11.8 Å². The van der Waals surface area contributed by atoms with E-state index in [1.807, 2.05) is 17.5 Å². The number of rotatable bonds is 5. The minimum absolute atomic E-state index is 0.706. The van der Waals surface area contributed by atoms with Crippen molar-refractivity contribution in [1.29, 1.82) is 0 Å². The maximum atomic E-state index is 4.57. The Morgan fingerprint density at radius 1 is 1.56 bits per heavy atom. The lowest BCUT2D eigenvalue weighted by Gasteiger charge is -2.30. The van der Waals surface area contributed by atoms with Crippen LogP contribution in [0.1, 0.15) is 25.6 Å². The highest BCUT2D eigenvalue weighted by Crippen LogP contribution is 2.27. The highest BCUT2D eigenvalue weighted by atomic mass is 32.2. The van der Waals surface area contributed by atoms with Crippen LogP contribution < -0.4 is 10.2 Å². The van der Waals surface area contributed by atoms with Crippen LogP contribution in [0.15, 0.2) is 6.20 Å². The van der Waals surface area contributed by atoms with Gasteiger partial charge in [-0.1, -0.05) is 20.8 Å². The number of thiazole rings is 1. The summed E-state index contributed by atoms with van der Waals surface area (Å²) in [4.78, 5) is 8.34. The fraction of sp³-hybridized carbons (Fsp3) is 0.769. The third kappa shape index (κ3) is 4.14. The summed E-state index contributed by atoms with van der Waals surface area (Å²) in [6.07, 6.45) is 2.03. The van der Waals surface area contributed by atoms with Gasteiger partial charge in [-0.25, -0.2) is 4.98 Å². The van der Waals surface area contributed by atoms with Gasteiger partial charge in [0.15, 0.2) is 5.13 Å². The lowest BCUT2D eigenvalue weighted by molar-refractivity contribution is 0.554. The highest BCUT2D eigenvalue weighted by Gasteiger charge is 2.19. The van der Waals surface area contributed by atoms with Gasteiger partial charge in [0.25, 0.3) is 0 Å². The first-order valence-electron chi connectivity index (χ1n) is 6.67. The lowest BCUT2D eigenvalue weighted by Crippen LogP contribution is -2.36. The van der Waals surface area contributed by atoms with Gasteiger partial charge in [-0.15, -0.1) is 11.3 Å². The molecule has 0 aromatic carbocycles. The predicted octanol–water partition coefficient (Wildman–Crippen LogP) is 2.83. The number of anilines is 1. The molecule has 0 radical (unpaired) electrons. The zero-order valence-electron chi connectivity index (χ0n) is 11.5. The zero-order valence-corrected chi connectivity index (χ0v) is 13.1. The van der Waals surface area contributed by atoms with Crippen LogP contribution in [0.4, 0.5) is 5.13 Å². The van der Waals surface area contributed by atoms with E-state index in [1.165, 1.54) is 15.8 Å². The quantitative estimate of drug-likeness (QED) is 0.900. The molecule has 1 fully saturated rings. The molecule has 2 heterocycles. The van der Waals surface area contributed by atoms with Crippen molar-refractivity contribution in [2.75, 3.05) is 30.3 Å². The molecule has 1 aromatic heterocycles. The fourth-order valence-electron chi connectivity index (χ4n) is 2.00. The molecule has 18 heavy (non-hydrogen) atoms. The topological polar surface area (TPSA) is 28.2 Å². The van der Waals surface area contributed by atoms with E-state index in [0.717, 1.165) is 31.4 Å². The van der Waals surface area contributed by atoms with Crippen LogP contribution >= 0.6 is 23.1 Å². The molecule has 1 atom stereocenters. The second kappa shape index (κ2) is 6.78. The van der Waals surface area contributed by atoms with Crippen molar-refractivity contribution < 1.29 is 0 Å². The van der Waals surface area contributed by atoms with E-state index in [1.54, 1.807) is 0 Å². The lowest BCUT2D eigenvalue weighted by atomic mass is 10.2. The van der Waals surface area contributed by atoms with Crippen molar-refractivity contribution in [3.8, 4) is 0 Å². The number of aromatic nitrogens is 1. The first kappa shape index (κ1) is 14.2. The summed E-state index contributed by atoms with van der Waals surface area (Å²) in [5, 5.41) is 5.40. The Labute approximate surface area is 118 Å². The van der Waals surface area contributed by atoms with Crippen molar-refractivity contribution in [1.82, 2.24) is 10.3 Å². The van der Waals surface area contributed by atoms with Crippen LogP contribution in [-0.2, 0) is 6.54 Å². The van der Waals surface area contributed by atoms with E-state index in [-0.39, 0.29) is 0 Å². The van der Waals surface area contributed by atoms with Gasteiger partial charge in [-0.3, -0.25) is 0 Å². The summed E-state index contributed by atoms with van der Waals surface area (Å²) in [6, 6.07) is 0. The van der Waals surface area contributed by atoms with Crippen LogP contribution in [-0.4, -0.2) is 35.6 Å². The molecule has 3 nitrogen and oxygen atoms in total. The van der Waals surface area contributed by atoms with Crippen LogP contribution in [0.2, 0.25) is 0 Å². The molecule has 1 aromatic rings. The number of hydrogen-bond donors (Lipinski definition) is 1. The Kier molecular flexibility index (Phi) is 5.33. The Bertz CT molecular complexity index is 365. The minimum atomic E-state index is 0.706. The summed E-state index contributed by atoms with van der Waals surface area (Å²) in [5.74, 6) is 1.93. The highest BCUT2D eigenvalue weighted by molar-refractivity contribution is 8.00. The molecule has 0 bridgehead atoms. The Balaban J connectivity index is 1.85. The molecule has 0 saturated carbocycles. The van der Waals surface area contributed by atoms with Crippen molar-refractivity contribution in [3.05, 3.63) is 11.1 Å². The van der Waals surface area contributed by atoms with Crippen LogP contribution in [0.3, 0.4) is 0 Å². The Hall–Kier alpha value is -0.260. The van der Waals surface area contributed by atoms with E-state index in [2.05, 4.69) is 47.7 Å². The van der Waals surface area contributed by atoms with Crippen molar-refractivity contribution >= 4 is 28.2 Å². The number of nitrogens with one attached hydrogen (secondary N) is 1. The zero-order chi connectivity index (χ0) is 13.0. The van der Waals surface area contributed by atoms with Gasteiger partial charge in [0.05, 0.1) is 0 Å². The molecule has 0 amide bonds. The smallest absolute Gasteiger partial charge is 0.185 e. The summed E-state index contributed by atoms with van der Waals surface area (Å²) < 4.78 is 0. The molecule has 0 aliphatic carbocycles. The van der Waals surface area contributed by atoms with Gasteiger partial charge in [0.1, 0.15) is 0 Å². The molecule has 1 saturated heterocycles. The Morgan fingerprint density at radius 3 is 3.11 bits per heavy atom. The molecule has 5 heteroatoms. The summed E-state index contributed by atoms with van der Waals surface area (Å²) >= 11 is 3.90. The number of thioether (sulfide) groups is 1. The molecule has 0 spiro atoms. The fourth-order valence-corrected chi connectivity index (χ4v) is 3.93. The molecule has 102 valence electrons. The molecule has 1 aliphatic rings. The van der Waals surface area contributed by atoms with E-state index < -0.39 is 0 Å². The van der Waals surface area contributed by atoms with Gasteiger partial charge in [0.2, 0.25) is 0 Å². The summed E-state index contributed by atoms with van der Waals surface area (Å²) in [6.45, 7) is 11.1. The van der Waals surface area contributed by atoms with Crippen molar-refractivity contribution in [3.63, 3.8) is 0 Å². The molecule has 1 aliphatic heterocycles. The summed E-state index contributed by atoms with van der Waals surface area (Å²) in [7, 11) is 0. The standard InChI is InChI=1S/C13H23N3S2/c1-10(2)6-14-7-12-8-15-13(18-12)16-4-5-17-11(3)9-16/h8,10-11,14H,4-7,9H2,1-3H3. The maximum absolute atomic E-state index is 4.57. The van der Waals surface area contributed by atoms with Crippen LogP contribution in [0.5, 0.6) is 0 Å². The second-order valence-corrected chi connectivity index (χ2v) is 7.90. The molecule has 2 rings (SSSR count). The third-order valence-corrected chi connectivity index (χ3v) is 5.10. The van der Waals surface area contributed by atoms with Gasteiger partial charge in [-0.05, 0) is 12.5 Å². The average Bonchev–Trinajstić information content (AvgIpc) is 2.77. The van der Waals surface area contributed by atoms with E-state index in [4.69, 9.17) is 0 Å².